The van der Waals surface area contributed by atoms with Gasteiger partial charge in [0.1, 0.15) is 52.7 Å². The first-order valence-electron chi connectivity index (χ1n) is 41.6. The van der Waals surface area contributed by atoms with Gasteiger partial charge >= 0.3 is 6.18 Å². The van der Waals surface area contributed by atoms with Crippen LogP contribution in [0.4, 0.5) is 22.0 Å². The second-order valence-corrected chi connectivity index (χ2v) is 33.7. The van der Waals surface area contributed by atoms with E-state index in [4.69, 9.17) is 77.4 Å². The highest BCUT2D eigenvalue weighted by molar-refractivity contribution is 6.31. The number of halogens is 8. The van der Waals surface area contributed by atoms with Crippen LogP contribution in [0.5, 0.6) is 46.0 Å². The molecular weight excluding hydrogens is 1690 g/mol. The molecule has 0 saturated carbocycles. The Kier molecular flexibility index (Phi) is 24.0. The van der Waals surface area contributed by atoms with Gasteiger partial charge in [0.2, 0.25) is 0 Å². The van der Waals surface area contributed by atoms with Crippen molar-refractivity contribution in [3.05, 3.63) is 308 Å². The zero-order chi connectivity index (χ0) is 88.0. The number of carbonyl (C=O) groups excluding carboxylic acids is 4. The first-order chi connectivity index (χ1) is 60.8. The Morgan fingerprint density at radius 3 is 1.22 bits per heavy atom. The number of nitrogens with zero attached hydrogens (tertiary/aromatic N) is 8. The minimum absolute atomic E-state index is 0.00339. The Labute approximate surface area is 739 Å². The van der Waals surface area contributed by atoms with Crippen LogP contribution in [0.1, 0.15) is 127 Å². The van der Waals surface area contributed by atoms with Gasteiger partial charge in [0, 0.05) is 186 Å². The standard InChI is InChI=1S/C26H26ClFN2O5.C24H23ClN2O3.C24H21F3N2O3.C23H20ClFN2O2/c1-32-12-13-34-23-16-19(28)18(15-22(23)33-2)25(31)29-10-7-26(8-11-29)24-4-3-9-30(24)20-6-5-17(27)14-21(20)35-26;1-16-5-7-18(20(14-16)29-2)23(28)26-12-9-24(10-13-26)22-4-3-11-27(22)19-8-6-17(25)15-21(19)30-24;25-24(26,27)16-31-18-9-7-17(8-10-18)22(30)28-14-11-23(12-15-28)21-6-3-13-29(21)19-4-1-2-5-20(19)32-23;1-15-11-16(13-18(25)12-15)22(28)26-9-6-23(7-10-26)21-3-2-8-27(21)19-5-4-17(24)14-20(19)29-23/h3-6,9,14-16H,7-8,10-13H2,1-2H3;3-8,11,14-15H,9-10,12-13H2,1-2H3;1-10,13H,11-12,14-16H2;2-5,8,11-14H,6-7,9-10H2,1H3. The van der Waals surface area contributed by atoms with E-state index in [9.17, 15) is 41.1 Å². The maximum Gasteiger partial charge on any atom is 0.422 e. The fourth-order valence-corrected chi connectivity index (χ4v) is 18.8. The van der Waals surface area contributed by atoms with E-state index in [1.165, 1.54) is 55.6 Å². The second kappa shape index (κ2) is 35.2. The Morgan fingerprint density at radius 2 is 0.794 bits per heavy atom. The quantitative estimate of drug-likeness (QED) is 0.0832. The summed E-state index contributed by atoms with van der Waals surface area (Å²) < 4.78 is 126. The third-order valence-electron chi connectivity index (χ3n) is 24.6. The van der Waals surface area contributed by atoms with Crippen molar-refractivity contribution in [2.75, 3.05) is 93.5 Å². The monoisotopic (exact) mass is 1770 g/mol. The molecule has 0 bridgehead atoms. The van der Waals surface area contributed by atoms with Crippen molar-refractivity contribution in [2.45, 2.75) is 93.8 Å². The number of ether oxygens (including phenoxy) is 9. The van der Waals surface area contributed by atoms with Gasteiger partial charge in [-0.25, -0.2) is 8.78 Å². The van der Waals surface area contributed by atoms with Crippen LogP contribution in [0.15, 0.2) is 225 Å². The summed E-state index contributed by atoms with van der Waals surface area (Å²) in [5.41, 5.74) is 9.32. The van der Waals surface area contributed by atoms with E-state index in [0.29, 0.717) is 159 Å². The number of fused-ring (bicyclic) bond motifs is 16. The number of rotatable bonds is 12. The number of aromatic nitrogens is 4. The second-order valence-electron chi connectivity index (χ2n) is 32.4. The molecule has 12 heterocycles. The van der Waals surface area contributed by atoms with Crippen LogP contribution < -0.4 is 37.9 Å². The number of alkyl halides is 3. The number of methoxy groups -OCH3 is 3. The van der Waals surface area contributed by atoms with Gasteiger partial charge in [-0.3, -0.25) is 19.2 Å². The first kappa shape index (κ1) is 85.8. The summed E-state index contributed by atoms with van der Waals surface area (Å²) in [6.45, 7) is 7.14. The van der Waals surface area contributed by atoms with Gasteiger partial charge in [0.15, 0.2) is 40.5 Å². The summed E-state index contributed by atoms with van der Waals surface area (Å²) in [6.07, 6.45) is 8.85. The molecule has 4 saturated heterocycles. The summed E-state index contributed by atoms with van der Waals surface area (Å²) in [5, 5.41) is 1.88. The highest BCUT2D eigenvalue weighted by atomic mass is 35.5. The zero-order valence-corrected chi connectivity index (χ0v) is 72.0. The number of para-hydroxylation sites is 2. The normalized spacial score (nSPS) is 16.5. The van der Waals surface area contributed by atoms with E-state index in [1.54, 1.807) is 41.9 Å². The maximum atomic E-state index is 14.9. The summed E-state index contributed by atoms with van der Waals surface area (Å²) in [4.78, 5) is 59.4. The molecule has 0 atom stereocenters. The molecule has 20 rings (SSSR count). The summed E-state index contributed by atoms with van der Waals surface area (Å²) >= 11 is 18.6. The first-order valence-corrected chi connectivity index (χ1v) is 42.7. The average molecular weight is 1780 g/mol. The number of carbonyl (C=O) groups is 4. The van der Waals surface area contributed by atoms with Gasteiger partial charge in [0.25, 0.3) is 23.6 Å². The number of hydrogen-bond acceptors (Lipinski definition) is 13. The molecule has 652 valence electrons. The molecule has 12 aromatic rings. The lowest BCUT2D eigenvalue weighted by Gasteiger charge is -2.45. The van der Waals surface area contributed by atoms with Gasteiger partial charge in [-0.05, 0) is 183 Å². The minimum atomic E-state index is -4.40. The van der Waals surface area contributed by atoms with Crippen molar-refractivity contribution in [1.29, 1.82) is 0 Å². The van der Waals surface area contributed by atoms with Gasteiger partial charge in [-0.15, -0.1) is 0 Å². The lowest BCUT2D eigenvalue weighted by atomic mass is 9.86. The Morgan fingerprint density at radius 1 is 0.381 bits per heavy atom. The number of aryl methyl sites for hydroxylation is 2. The van der Waals surface area contributed by atoms with Crippen molar-refractivity contribution in [2.24, 2.45) is 0 Å². The van der Waals surface area contributed by atoms with E-state index < -0.39 is 46.9 Å². The van der Waals surface area contributed by atoms with Gasteiger partial charge < -0.3 is 80.5 Å². The number of amides is 4. The maximum absolute atomic E-state index is 14.9. The Balaban J connectivity index is 0.000000119. The number of hydrogen-bond donors (Lipinski definition) is 0. The van der Waals surface area contributed by atoms with Crippen molar-refractivity contribution in [1.82, 2.24) is 37.9 Å². The molecule has 8 aliphatic rings. The van der Waals surface area contributed by atoms with E-state index in [-0.39, 0.29) is 47.2 Å². The molecule has 0 unspecified atom stereocenters. The predicted octanol–water partition coefficient (Wildman–Crippen LogP) is 19.8. The Hall–Kier alpha value is -12.4. The van der Waals surface area contributed by atoms with Gasteiger partial charge in [0.05, 0.1) is 77.5 Å². The van der Waals surface area contributed by atoms with E-state index in [2.05, 4.69) is 42.7 Å². The third-order valence-corrected chi connectivity index (χ3v) is 25.3. The molecule has 0 radical (unpaired) electrons. The van der Waals surface area contributed by atoms with Crippen LogP contribution in [0.25, 0.3) is 22.7 Å². The van der Waals surface area contributed by atoms with Crippen LogP contribution in [0.2, 0.25) is 15.1 Å². The molecule has 4 fully saturated rings. The zero-order valence-electron chi connectivity index (χ0n) is 69.7. The number of benzene rings is 8. The fourth-order valence-electron chi connectivity index (χ4n) is 18.3. The molecular formula is C97H90Cl3F5N8O13. The van der Waals surface area contributed by atoms with Crippen LogP contribution in [0, 0.1) is 25.5 Å². The molecule has 126 heavy (non-hydrogen) atoms. The topological polar surface area (TPSA) is 184 Å². The van der Waals surface area contributed by atoms with Gasteiger partial charge in [-0.2, -0.15) is 13.2 Å². The molecule has 0 N–H and O–H groups in total. The molecule has 21 nitrogen and oxygen atoms in total. The largest absolute Gasteiger partial charge is 0.496 e. The van der Waals surface area contributed by atoms with E-state index in [0.717, 1.165) is 73.9 Å². The van der Waals surface area contributed by atoms with Crippen molar-refractivity contribution in [3.63, 3.8) is 0 Å². The van der Waals surface area contributed by atoms with Crippen molar-refractivity contribution in [3.8, 4) is 68.7 Å². The third kappa shape index (κ3) is 17.0. The fraction of sp³-hybridized carbons (Fsp3) is 0.299. The molecule has 8 aliphatic heterocycles. The molecule has 29 heteroatoms. The van der Waals surface area contributed by atoms with E-state index in [1.807, 2.05) is 158 Å². The molecule has 0 aliphatic carbocycles. The number of likely N-dealkylation sites (tertiary alicyclic amines) is 4. The lowest BCUT2D eigenvalue weighted by molar-refractivity contribution is -0.153. The highest BCUT2D eigenvalue weighted by Crippen LogP contribution is 2.51. The average Bonchev–Trinajstić information content (AvgIpc) is 1.46. The molecule has 4 aromatic heterocycles. The Bertz CT molecular complexity index is 6070. The molecule has 4 amide bonds. The predicted molar refractivity (Wildman–Crippen MR) is 465 cm³/mol. The van der Waals surface area contributed by atoms with Gasteiger partial charge in [-0.1, -0.05) is 53.0 Å². The summed E-state index contributed by atoms with van der Waals surface area (Å²) in [6, 6.07) is 59.7. The van der Waals surface area contributed by atoms with E-state index >= 15 is 0 Å². The van der Waals surface area contributed by atoms with Crippen molar-refractivity contribution >= 4 is 58.4 Å². The van der Waals surface area contributed by atoms with Crippen molar-refractivity contribution < 1.29 is 83.8 Å². The summed E-state index contributed by atoms with van der Waals surface area (Å²) in [5.74, 6) is 2.54. The van der Waals surface area contributed by atoms with Crippen LogP contribution in [-0.4, -0.2) is 161 Å². The highest BCUT2D eigenvalue weighted by Gasteiger charge is 2.50. The smallest absolute Gasteiger partial charge is 0.422 e. The van der Waals surface area contributed by atoms with Crippen LogP contribution in [0.3, 0.4) is 0 Å². The van der Waals surface area contributed by atoms with Crippen LogP contribution in [-0.2, 0) is 27.1 Å². The summed E-state index contributed by atoms with van der Waals surface area (Å²) in [7, 11) is 4.60. The van der Waals surface area contributed by atoms with Crippen LogP contribution >= 0.6 is 34.8 Å². The number of piperidine rings is 4. The molecule has 8 aromatic carbocycles. The lowest BCUT2D eigenvalue weighted by Crippen LogP contribution is -2.50. The minimum Gasteiger partial charge on any atom is -0.496 e. The molecule has 4 spiro atoms. The SMILES string of the molecule is COCCOc1cc(F)c(C(=O)N2CCC3(CC2)Oc2cc(Cl)ccc2-n2cccc23)cc1OC.COc1cc(C)ccc1C(=O)N1CCC2(CC1)Oc1cc(Cl)ccc1-n1cccc12.Cc1cc(F)cc(C(=O)N2CCC3(CC2)Oc2cc(Cl)ccc2-n2cccc23)c1.O=C(c1ccc(OCC(F)(F)F)cc1)N1CCC2(CC1)Oc1ccccc1-n1cccc12.